The van der Waals surface area contributed by atoms with Gasteiger partial charge in [0.1, 0.15) is 13.2 Å². The van der Waals surface area contributed by atoms with Gasteiger partial charge in [0.25, 0.3) is 0 Å². The molecule has 0 saturated heterocycles. The Balaban J connectivity index is 3.30. The van der Waals surface area contributed by atoms with Crippen molar-refractivity contribution >= 4 is 23.8 Å². The van der Waals surface area contributed by atoms with E-state index in [0.29, 0.717) is 38.8 Å². The van der Waals surface area contributed by atoms with Gasteiger partial charge in [0.15, 0.2) is 0 Å². The number of hydrogen-bond acceptors (Lipinski definition) is 7. The average Bonchev–Trinajstić information content (AvgIpc) is 2.59. The molecule has 2 amide bonds. The van der Waals surface area contributed by atoms with E-state index in [9.17, 15) is 9.59 Å². The Morgan fingerprint density at radius 2 is 1.58 bits per heavy atom. The summed E-state index contributed by atoms with van der Waals surface area (Å²) in [7, 11) is 0. The zero-order valence-corrected chi connectivity index (χ0v) is 17.0. The van der Waals surface area contributed by atoms with Crippen molar-refractivity contribution in [3.8, 4) is 0 Å². The minimum atomic E-state index is -0.465. The van der Waals surface area contributed by atoms with Crippen LogP contribution >= 0.6 is 11.8 Å². The molecule has 0 rings (SSSR count). The van der Waals surface area contributed by atoms with Gasteiger partial charge in [-0.2, -0.15) is 11.8 Å². The molecule has 2 N–H and O–H groups in total. The highest BCUT2D eigenvalue weighted by atomic mass is 32.2. The predicted octanol–water partition coefficient (Wildman–Crippen LogP) is 1.29. The summed E-state index contributed by atoms with van der Waals surface area (Å²) in [6, 6.07) is 0. The van der Waals surface area contributed by atoms with Gasteiger partial charge in [0, 0.05) is 18.8 Å². The van der Waals surface area contributed by atoms with Gasteiger partial charge in [-0.15, -0.1) is 0 Å². The van der Waals surface area contributed by atoms with Crippen LogP contribution in [0.1, 0.15) is 20.3 Å². The fourth-order valence-electron chi connectivity index (χ4n) is 1.65. The molecule has 0 bridgehead atoms. The Labute approximate surface area is 161 Å². The molecule has 0 saturated carbocycles. The molecule has 0 heterocycles. The van der Waals surface area contributed by atoms with Gasteiger partial charge in [-0.1, -0.05) is 13.8 Å². The summed E-state index contributed by atoms with van der Waals surface area (Å²) in [4.78, 5) is 22.8. The third kappa shape index (κ3) is 19.3. The maximum atomic E-state index is 11.5. The minimum Gasteiger partial charge on any atom is -0.447 e. The van der Waals surface area contributed by atoms with Crippen LogP contribution in [-0.4, -0.2) is 83.3 Å². The summed E-state index contributed by atoms with van der Waals surface area (Å²) >= 11 is 1.74. The van der Waals surface area contributed by atoms with Crippen molar-refractivity contribution in [2.45, 2.75) is 20.3 Å². The maximum Gasteiger partial charge on any atom is 0.407 e. The van der Waals surface area contributed by atoms with Crippen LogP contribution in [0.25, 0.3) is 0 Å². The zero-order chi connectivity index (χ0) is 19.5. The number of amides is 2. The first-order valence-electron chi connectivity index (χ1n) is 8.95. The van der Waals surface area contributed by atoms with Crippen molar-refractivity contribution in [3.63, 3.8) is 0 Å². The zero-order valence-electron chi connectivity index (χ0n) is 16.2. The summed E-state index contributed by atoms with van der Waals surface area (Å²) in [6.45, 7) is 7.61. The van der Waals surface area contributed by atoms with Gasteiger partial charge in [0.2, 0.25) is 5.91 Å². The van der Waals surface area contributed by atoms with E-state index >= 15 is 0 Å². The molecule has 154 valence electrons. The number of carbonyl (C=O) groups is 2. The van der Waals surface area contributed by atoms with Crippen molar-refractivity contribution < 1.29 is 28.5 Å². The van der Waals surface area contributed by atoms with E-state index in [1.807, 2.05) is 6.26 Å². The van der Waals surface area contributed by atoms with E-state index in [1.165, 1.54) is 0 Å². The van der Waals surface area contributed by atoms with Crippen molar-refractivity contribution in [1.29, 1.82) is 0 Å². The van der Waals surface area contributed by atoms with E-state index in [1.54, 1.807) is 11.8 Å². The first-order chi connectivity index (χ1) is 12.6. The average molecular weight is 395 g/mol. The Hall–Kier alpha value is -1.03. The van der Waals surface area contributed by atoms with Gasteiger partial charge >= 0.3 is 6.09 Å². The molecular weight excluding hydrogens is 360 g/mol. The van der Waals surface area contributed by atoms with Crippen LogP contribution in [0.2, 0.25) is 0 Å². The standard InChI is InChI=1S/C17H34N2O6S/c1-15(2)4-5-19-17(21)25-11-10-24-14-16(20)18-6-7-22-8-9-23-12-13-26-3/h15H,4-14H2,1-3H3,(H,18,20)(H,19,21). The van der Waals surface area contributed by atoms with E-state index in [0.717, 1.165) is 18.8 Å². The molecule has 0 unspecified atom stereocenters. The molecule has 26 heavy (non-hydrogen) atoms. The molecule has 0 aromatic rings. The summed E-state index contributed by atoms with van der Waals surface area (Å²) in [5, 5.41) is 5.33. The number of alkyl carbamates (subject to hydrolysis) is 1. The van der Waals surface area contributed by atoms with Gasteiger partial charge < -0.3 is 29.6 Å². The Morgan fingerprint density at radius 3 is 2.27 bits per heavy atom. The molecule has 0 spiro atoms. The normalized spacial score (nSPS) is 10.8. The molecule has 0 aliphatic heterocycles. The minimum absolute atomic E-state index is 0.0733. The smallest absolute Gasteiger partial charge is 0.407 e. The molecule has 0 aromatic carbocycles. The second-order valence-corrected chi connectivity index (χ2v) is 6.85. The van der Waals surface area contributed by atoms with E-state index < -0.39 is 6.09 Å². The van der Waals surface area contributed by atoms with Crippen molar-refractivity contribution in [2.24, 2.45) is 5.92 Å². The van der Waals surface area contributed by atoms with Crippen molar-refractivity contribution in [2.75, 3.05) is 71.3 Å². The highest BCUT2D eigenvalue weighted by Gasteiger charge is 2.04. The predicted molar refractivity (Wildman–Crippen MR) is 103 cm³/mol. The van der Waals surface area contributed by atoms with Gasteiger partial charge in [-0.05, 0) is 18.6 Å². The van der Waals surface area contributed by atoms with E-state index in [4.69, 9.17) is 18.9 Å². The molecule has 0 radical (unpaired) electrons. The van der Waals surface area contributed by atoms with Crippen LogP contribution in [0.4, 0.5) is 4.79 Å². The highest BCUT2D eigenvalue weighted by Crippen LogP contribution is 1.96. The number of thioether (sulfide) groups is 1. The summed E-state index contributed by atoms with van der Waals surface area (Å²) < 4.78 is 20.7. The number of nitrogens with one attached hydrogen (secondary N) is 2. The van der Waals surface area contributed by atoms with Crippen LogP contribution in [0.15, 0.2) is 0 Å². The molecule has 0 atom stereocenters. The van der Waals surface area contributed by atoms with Crippen LogP contribution in [0.3, 0.4) is 0 Å². The fraction of sp³-hybridized carbons (Fsp3) is 0.882. The Bertz CT molecular complexity index is 358. The molecule has 9 heteroatoms. The first kappa shape index (κ1) is 25.0. The lowest BCUT2D eigenvalue weighted by molar-refractivity contribution is -0.126. The monoisotopic (exact) mass is 394 g/mol. The second-order valence-electron chi connectivity index (χ2n) is 5.87. The molecule has 0 aliphatic carbocycles. The molecule has 0 fully saturated rings. The van der Waals surface area contributed by atoms with Crippen LogP contribution in [0.5, 0.6) is 0 Å². The lowest BCUT2D eigenvalue weighted by Gasteiger charge is -2.09. The van der Waals surface area contributed by atoms with Crippen molar-refractivity contribution in [1.82, 2.24) is 10.6 Å². The number of hydrogen-bond donors (Lipinski definition) is 2. The van der Waals surface area contributed by atoms with Crippen LogP contribution < -0.4 is 10.6 Å². The first-order valence-corrected chi connectivity index (χ1v) is 10.3. The molecule has 0 aromatic heterocycles. The topological polar surface area (TPSA) is 95.1 Å². The quantitative estimate of drug-likeness (QED) is 0.359. The van der Waals surface area contributed by atoms with E-state index in [2.05, 4.69) is 24.5 Å². The number of carbonyl (C=O) groups excluding carboxylic acids is 2. The van der Waals surface area contributed by atoms with Crippen LogP contribution in [0, 0.1) is 5.92 Å². The third-order valence-electron chi connectivity index (χ3n) is 3.06. The van der Waals surface area contributed by atoms with Gasteiger partial charge in [-0.25, -0.2) is 4.79 Å². The molecule has 8 nitrogen and oxygen atoms in total. The van der Waals surface area contributed by atoms with E-state index in [-0.39, 0.29) is 25.7 Å². The van der Waals surface area contributed by atoms with Crippen LogP contribution in [-0.2, 0) is 23.7 Å². The lowest BCUT2D eigenvalue weighted by atomic mass is 10.1. The maximum absolute atomic E-state index is 11.5. The highest BCUT2D eigenvalue weighted by molar-refractivity contribution is 7.98. The third-order valence-corrected chi connectivity index (χ3v) is 3.63. The number of ether oxygens (including phenoxy) is 4. The largest absolute Gasteiger partial charge is 0.447 e. The summed E-state index contributed by atoms with van der Waals surface area (Å²) in [5.74, 6) is 1.27. The second kappa shape index (κ2) is 18.8. The Morgan fingerprint density at radius 1 is 0.885 bits per heavy atom. The lowest BCUT2D eigenvalue weighted by Crippen LogP contribution is -2.32. The SMILES string of the molecule is CSCCOCCOCCNC(=O)COCCOC(=O)NCCC(C)C. The van der Waals surface area contributed by atoms with Gasteiger partial charge in [-0.3, -0.25) is 4.79 Å². The van der Waals surface area contributed by atoms with Crippen molar-refractivity contribution in [3.05, 3.63) is 0 Å². The number of rotatable bonds is 17. The summed E-state index contributed by atoms with van der Waals surface area (Å²) in [5.41, 5.74) is 0. The Kier molecular flexibility index (Phi) is 18.0. The summed E-state index contributed by atoms with van der Waals surface area (Å²) in [6.07, 6.45) is 2.47. The fourth-order valence-corrected chi connectivity index (χ4v) is 1.93. The molecule has 0 aliphatic rings. The van der Waals surface area contributed by atoms with Gasteiger partial charge in [0.05, 0.1) is 33.0 Å². The molecular formula is C17H34N2O6S.